The molecule has 0 spiro atoms. The van der Waals surface area contributed by atoms with Crippen LogP contribution in [0, 0.1) is 0 Å². The Morgan fingerprint density at radius 1 is 1.10 bits per heavy atom. The van der Waals surface area contributed by atoms with E-state index in [1.165, 1.54) is 8.61 Å². The van der Waals surface area contributed by atoms with Crippen molar-refractivity contribution in [3.05, 3.63) is 0 Å². The summed E-state index contributed by atoms with van der Waals surface area (Å²) in [6.45, 7) is 1.24. The first-order valence-corrected chi connectivity index (χ1v) is 8.90. The Bertz CT molecular complexity index is 472. The highest BCUT2D eigenvalue weighted by molar-refractivity contribution is 7.86. The summed E-state index contributed by atoms with van der Waals surface area (Å²) in [5.74, 6) is -1.04. The van der Waals surface area contributed by atoms with E-state index in [-0.39, 0.29) is 0 Å². The molecule has 0 aromatic heterocycles. The highest BCUT2D eigenvalue weighted by atomic mass is 32.2. The summed E-state index contributed by atoms with van der Waals surface area (Å²) in [5, 5.41) is 9.25. The van der Waals surface area contributed by atoms with Crippen LogP contribution in [0.3, 0.4) is 0 Å². The Labute approximate surface area is 126 Å². The molecule has 0 saturated carbocycles. The Kier molecular flexibility index (Phi) is 5.24. The van der Waals surface area contributed by atoms with Crippen molar-refractivity contribution in [1.29, 1.82) is 0 Å². The summed E-state index contributed by atoms with van der Waals surface area (Å²) in [7, 11) is 0.339. The molecule has 2 rings (SSSR count). The number of carbonyl (C=O) groups is 1. The van der Waals surface area contributed by atoms with Crippen LogP contribution in [0.2, 0.25) is 0 Å². The van der Waals surface area contributed by atoms with Crippen molar-refractivity contribution in [2.45, 2.75) is 44.2 Å². The molecular weight excluding hydrogens is 294 g/mol. The molecular formula is C13H25N3O4S. The van der Waals surface area contributed by atoms with Gasteiger partial charge < -0.3 is 10.0 Å². The molecule has 0 aliphatic carbocycles. The smallest absolute Gasteiger partial charge is 0.322 e. The molecule has 1 N–H and O–H groups in total. The number of hydrogen-bond acceptors (Lipinski definition) is 4. The summed E-state index contributed by atoms with van der Waals surface area (Å²) in [6, 6.07) is -0.511. The van der Waals surface area contributed by atoms with Gasteiger partial charge in [-0.25, -0.2) is 0 Å². The van der Waals surface area contributed by atoms with Crippen LogP contribution in [-0.4, -0.2) is 78.8 Å². The molecule has 0 aromatic rings. The lowest BCUT2D eigenvalue weighted by Crippen LogP contribution is -2.55. The fourth-order valence-corrected chi connectivity index (χ4v) is 5.01. The van der Waals surface area contributed by atoms with Crippen LogP contribution >= 0.6 is 0 Å². The molecule has 0 amide bonds. The minimum atomic E-state index is -3.66. The van der Waals surface area contributed by atoms with Crippen LogP contribution in [-0.2, 0) is 15.0 Å². The van der Waals surface area contributed by atoms with E-state index >= 15 is 0 Å². The lowest BCUT2D eigenvalue weighted by molar-refractivity contribution is -0.142. The van der Waals surface area contributed by atoms with Crippen molar-refractivity contribution in [3.63, 3.8) is 0 Å². The Morgan fingerprint density at radius 3 is 2.24 bits per heavy atom. The van der Waals surface area contributed by atoms with E-state index in [2.05, 4.69) is 4.90 Å². The van der Waals surface area contributed by atoms with Gasteiger partial charge in [0, 0.05) is 25.7 Å². The average molecular weight is 319 g/mol. The van der Waals surface area contributed by atoms with Gasteiger partial charge in [0.05, 0.1) is 0 Å². The lowest BCUT2D eigenvalue weighted by Gasteiger charge is -2.39. The van der Waals surface area contributed by atoms with Crippen molar-refractivity contribution in [3.8, 4) is 0 Å². The van der Waals surface area contributed by atoms with E-state index in [4.69, 9.17) is 0 Å². The van der Waals surface area contributed by atoms with Gasteiger partial charge in [0.2, 0.25) is 0 Å². The van der Waals surface area contributed by atoms with Crippen LogP contribution < -0.4 is 0 Å². The third-order valence-electron chi connectivity index (χ3n) is 4.52. The van der Waals surface area contributed by atoms with Crippen molar-refractivity contribution in [2.24, 2.45) is 0 Å². The van der Waals surface area contributed by atoms with Gasteiger partial charge in [-0.2, -0.15) is 17.0 Å². The van der Waals surface area contributed by atoms with E-state index in [1.54, 1.807) is 0 Å². The Morgan fingerprint density at radius 2 is 1.71 bits per heavy atom. The molecule has 7 nitrogen and oxygen atoms in total. The van der Waals surface area contributed by atoms with E-state index < -0.39 is 22.2 Å². The van der Waals surface area contributed by atoms with E-state index in [9.17, 15) is 18.3 Å². The molecule has 2 fully saturated rings. The maximum atomic E-state index is 12.7. The molecule has 0 radical (unpaired) electrons. The zero-order chi connectivity index (χ0) is 15.6. The van der Waals surface area contributed by atoms with E-state index in [0.717, 1.165) is 25.7 Å². The van der Waals surface area contributed by atoms with Gasteiger partial charge in [-0.15, -0.1) is 0 Å². The molecule has 1 atom stereocenters. The summed E-state index contributed by atoms with van der Waals surface area (Å²) < 4.78 is 28.1. The second-order valence-electron chi connectivity index (χ2n) is 6.06. The summed E-state index contributed by atoms with van der Waals surface area (Å²) in [4.78, 5) is 13.4. The number of nitrogens with zero attached hydrogens (tertiary/aromatic N) is 3. The van der Waals surface area contributed by atoms with Crippen LogP contribution in [0.5, 0.6) is 0 Å². The summed E-state index contributed by atoms with van der Waals surface area (Å²) in [6.07, 6.45) is 3.49. The largest absolute Gasteiger partial charge is 0.480 e. The summed E-state index contributed by atoms with van der Waals surface area (Å²) >= 11 is 0. The molecule has 1 unspecified atom stereocenters. The SMILES string of the molecule is CN(C)C1CCN(S(=O)(=O)N2CCCCC2C(=O)O)CC1. The van der Waals surface area contributed by atoms with E-state index in [0.29, 0.717) is 32.1 Å². The second kappa shape index (κ2) is 6.60. The average Bonchev–Trinajstić information content (AvgIpc) is 2.47. The Hall–Kier alpha value is -0.700. The van der Waals surface area contributed by atoms with Crippen molar-refractivity contribution in [2.75, 3.05) is 33.7 Å². The molecule has 2 saturated heterocycles. The molecule has 2 heterocycles. The number of carboxylic acid groups (broad SMARTS) is 1. The maximum Gasteiger partial charge on any atom is 0.322 e. The van der Waals surface area contributed by atoms with Gasteiger partial charge >= 0.3 is 5.97 Å². The quantitative estimate of drug-likeness (QED) is 0.800. The normalized spacial score (nSPS) is 27.1. The number of aliphatic carboxylic acids is 1. The fraction of sp³-hybridized carbons (Fsp3) is 0.923. The van der Waals surface area contributed by atoms with Crippen molar-refractivity contribution in [1.82, 2.24) is 13.5 Å². The van der Waals surface area contributed by atoms with Gasteiger partial charge in [0.1, 0.15) is 6.04 Å². The topological polar surface area (TPSA) is 81.2 Å². The van der Waals surface area contributed by atoms with Crippen molar-refractivity contribution < 1.29 is 18.3 Å². The first-order valence-electron chi connectivity index (χ1n) is 7.50. The number of rotatable bonds is 4. The molecule has 2 aliphatic heterocycles. The monoisotopic (exact) mass is 319 g/mol. The van der Waals surface area contributed by atoms with Crippen LogP contribution in [0.1, 0.15) is 32.1 Å². The maximum absolute atomic E-state index is 12.7. The predicted molar refractivity (Wildman–Crippen MR) is 79.2 cm³/mol. The number of piperidine rings is 2. The molecule has 122 valence electrons. The molecule has 21 heavy (non-hydrogen) atoms. The van der Waals surface area contributed by atoms with Gasteiger partial charge in [-0.1, -0.05) is 0 Å². The second-order valence-corrected chi connectivity index (χ2v) is 7.94. The highest BCUT2D eigenvalue weighted by Gasteiger charge is 2.41. The van der Waals surface area contributed by atoms with Gasteiger partial charge in [-0.05, 0) is 46.2 Å². The third-order valence-corrected chi connectivity index (χ3v) is 6.56. The molecule has 0 bridgehead atoms. The molecule has 8 heteroatoms. The van der Waals surface area contributed by atoms with Gasteiger partial charge in [0.15, 0.2) is 0 Å². The Balaban J connectivity index is 2.09. The van der Waals surface area contributed by atoms with Crippen LogP contribution in [0.4, 0.5) is 0 Å². The number of hydrogen-bond donors (Lipinski definition) is 1. The van der Waals surface area contributed by atoms with Gasteiger partial charge in [-0.3, -0.25) is 4.79 Å². The van der Waals surface area contributed by atoms with Gasteiger partial charge in [0.25, 0.3) is 10.2 Å². The first-order chi connectivity index (χ1) is 9.84. The third kappa shape index (κ3) is 3.56. The van der Waals surface area contributed by atoms with E-state index in [1.807, 2.05) is 14.1 Å². The molecule has 0 aromatic carbocycles. The minimum Gasteiger partial charge on any atom is -0.480 e. The first kappa shape index (κ1) is 16.7. The minimum absolute atomic E-state index is 0.312. The summed E-state index contributed by atoms with van der Waals surface area (Å²) in [5.41, 5.74) is 0. The van der Waals surface area contributed by atoms with Crippen molar-refractivity contribution >= 4 is 16.2 Å². The fourth-order valence-electron chi connectivity index (χ4n) is 3.17. The standard InChI is InChI=1S/C13H25N3O4S/c1-14(2)11-6-9-15(10-7-11)21(19,20)16-8-4-3-5-12(16)13(17)18/h11-12H,3-10H2,1-2H3,(H,17,18). The van der Waals surface area contributed by atoms with Crippen LogP contribution in [0.25, 0.3) is 0 Å². The predicted octanol–water partition coefficient (Wildman–Crippen LogP) is 0.196. The highest BCUT2D eigenvalue weighted by Crippen LogP contribution is 2.25. The molecule has 2 aliphatic rings. The zero-order valence-electron chi connectivity index (χ0n) is 12.7. The number of carboxylic acids is 1. The zero-order valence-corrected chi connectivity index (χ0v) is 13.5. The lowest BCUT2D eigenvalue weighted by atomic mass is 10.1. The van der Waals surface area contributed by atoms with Crippen LogP contribution in [0.15, 0.2) is 0 Å².